The summed E-state index contributed by atoms with van der Waals surface area (Å²) in [5, 5.41) is 4.56. The number of carbonyl (C=O) groups excluding carboxylic acids is 1. The lowest BCUT2D eigenvalue weighted by Crippen LogP contribution is -2.27. The van der Waals surface area contributed by atoms with Gasteiger partial charge in [0.05, 0.1) is 11.6 Å². The van der Waals surface area contributed by atoms with Crippen LogP contribution >= 0.6 is 0 Å². The first-order valence-corrected chi connectivity index (χ1v) is 10.3. The van der Waals surface area contributed by atoms with Crippen LogP contribution in [-0.4, -0.2) is 11.6 Å². The highest BCUT2D eigenvalue weighted by Gasteiger charge is 2.60. The monoisotopic (exact) mass is 380 g/mol. The minimum absolute atomic E-state index is 0.00765. The predicted molar refractivity (Wildman–Crippen MR) is 116 cm³/mol. The standard InChI is InChI=1S/C26H24N2O/c29-25(28-27-24-17-9-11-19-10-7-8-16-22(19)24)23-18-26(23,20-12-3-1-4-13-20)21-14-5-2-6-15-21/h1-8,10,12-16,23H,9,11,17-18H2,(H,28,29)/b27-24-. The molecule has 3 aromatic carbocycles. The van der Waals surface area contributed by atoms with Crippen molar-refractivity contribution in [2.75, 3.05) is 0 Å². The molecule has 3 aromatic rings. The smallest absolute Gasteiger partial charge is 0.244 e. The highest BCUT2D eigenvalue weighted by atomic mass is 16.2. The Morgan fingerprint density at radius 2 is 1.45 bits per heavy atom. The molecule has 3 heteroatoms. The average molecular weight is 380 g/mol. The van der Waals surface area contributed by atoms with Crippen LogP contribution in [0.5, 0.6) is 0 Å². The van der Waals surface area contributed by atoms with Crippen molar-refractivity contribution in [2.45, 2.75) is 31.1 Å². The zero-order valence-corrected chi connectivity index (χ0v) is 16.3. The average Bonchev–Trinajstić information content (AvgIpc) is 3.56. The number of hydrazone groups is 1. The molecule has 144 valence electrons. The Labute approximate surface area is 171 Å². The summed E-state index contributed by atoms with van der Waals surface area (Å²) in [7, 11) is 0. The van der Waals surface area contributed by atoms with Gasteiger partial charge in [-0.3, -0.25) is 4.79 Å². The van der Waals surface area contributed by atoms with Crippen LogP contribution in [0.4, 0.5) is 0 Å². The number of aryl methyl sites for hydroxylation is 1. The molecule has 0 heterocycles. The van der Waals surface area contributed by atoms with E-state index in [0.717, 1.165) is 31.4 Å². The molecule has 1 atom stereocenters. The van der Waals surface area contributed by atoms with Gasteiger partial charge in [0.1, 0.15) is 0 Å². The lowest BCUT2D eigenvalue weighted by molar-refractivity contribution is -0.122. The maximum absolute atomic E-state index is 13.1. The Morgan fingerprint density at radius 1 is 0.828 bits per heavy atom. The van der Waals surface area contributed by atoms with E-state index in [0.29, 0.717) is 0 Å². The fraction of sp³-hybridized carbons (Fsp3) is 0.231. The van der Waals surface area contributed by atoms with Crippen LogP contribution in [0.2, 0.25) is 0 Å². The number of nitrogens with zero attached hydrogens (tertiary/aromatic N) is 1. The summed E-state index contributed by atoms with van der Waals surface area (Å²) in [5.41, 5.74) is 8.52. The van der Waals surface area contributed by atoms with Crippen molar-refractivity contribution in [1.82, 2.24) is 5.43 Å². The summed E-state index contributed by atoms with van der Waals surface area (Å²) in [5.74, 6) is -0.0938. The number of fused-ring (bicyclic) bond motifs is 1. The van der Waals surface area contributed by atoms with Crippen LogP contribution in [-0.2, 0) is 16.6 Å². The molecule has 0 radical (unpaired) electrons. The van der Waals surface area contributed by atoms with E-state index in [1.807, 2.05) is 42.5 Å². The lowest BCUT2D eigenvalue weighted by atomic mass is 9.85. The molecule has 3 nitrogen and oxygen atoms in total. The zero-order valence-electron chi connectivity index (χ0n) is 16.3. The Bertz CT molecular complexity index is 1020. The van der Waals surface area contributed by atoms with Crippen molar-refractivity contribution in [2.24, 2.45) is 11.0 Å². The second-order valence-corrected chi connectivity index (χ2v) is 8.01. The van der Waals surface area contributed by atoms with Crippen LogP contribution in [0, 0.1) is 5.92 Å². The largest absolute Gasteiger partial charge is 0.273 e. The van der Waals surface area contributed by atoms with Gasteiger partial charge in [0.25, 0.3) is 0 Å². The maximum atomic E-state index is 13.1. The number of benzene rings is 3. The van der Waals surface area contributed by atoms with E-state index in [1.165, 1.54) is 22.3 Å². The predicted octanol–water partition coefficient (Wildman–Crippen LogP) is 4.85. The van der Waals surface area contributed by atoms with E-state index in [9.17, 15) is 4.79 Å². The molecule has 0 aliphatic heterocycles. The summed E-state index contributed by atoms with van der Waals surface area (Å²) in [6.07, 6.45) is 3.88. The van der Waals surface area contributed by atoms with Gasteiger partial charge in [0.15, 0.2) is 0 Å². The van der Waals surface area contributed by atoms with Gasteiger partial charge < -0.3 is 0 Å². The molecule has 1 saturated carbocycles. The number of hydrogen-bond donors (Lipinski definition) is 1. The van der Waals surface area contributed by atoms with E-state index in [4.69, 9.17) is 0 Å². The van der Waals surface area contributed by atoms with Gasteiger partial charge in [-0.1, -0.05) is 84.9 Å². The Hall–Kier alpha value is -3.20. The van der Waals surface area contributed by atoms with E-state index in [1.54, 1.807) is 0 Å². The molecule has 1 amide bonds. The number of nitrogens with one attached hydrogen (secondary N) is 1. The second kappa shape index (κ2) is 7.32. The van der Waals surface area contributed by atoms with Crippen LogP contribution < -0.4 is 5.43 Å². The molecule has 1 N–H and O–H groups in total. The second-order valence-electron chi connectivity index (χ2n) is 8.01. The van der Waals surface area contributed by atoms with Crippen molar-refractivity contribution in [1.29, 1.82) is 0 Å². The van der Waals surface area contributed by atoms with Gasteiger partial charge in [0, 0.05) is 11.0 Å². The van der Waals surface area contributed by atoms with Gasteiger partial charge in [0.2, 0.25) is 5.91 Å². The first kappa shape index (κ1) is 17.9. The third-order valence-corrected chi connectivity index (χ3v) is 6.34. The fourth-order valence-electron chi connectivity index (χ4n) is 4.77. The molecule has 29 heavy (non-hydrogen) atoms. The van der Waals surface area contributed by atoms with Gasteiger partial charge in [-0.15, -0.1) is 0 Å². The normalized spacial score (nSPS) is 20.7. The van der Waals surface area contributed by atoms with Crippen LogP contribution in [0.1, 0.15) is 41.5 Å². The minimum Gasteiger partial charge on any atom is -0.273 e. The van der Waals surface area contributed by atoms with E-state index in [2.05, 4.69) is 53.0 Å². The summed E-state index contributed by atoms with van der Waals surface area (Å²) in [4.78, 5) is 13.1. The van der Waals surface area contributed by atoms with Gasteiger partial charge >= 0.3 is 0 Å². The van der Waals surface area contributed by atoms with E-state index >= 15 is 0 Å². The Kier molecular flexibility index (Phi) is 4.51. The number of carbonyl (C=O) groups is 1. The van der Waals surface area contributed by atoms with Crippen molar-refractivity contribution < 1.29 is 4.79 Å². The quantitative estimate of drug-likeness (QED) is 0.646. The van der Waals surface area contributed by atoms with Gasteiger partial charge in [-0.05, 0) is 42.4 Å². The Morgan fingerprint density at radius 3 is 2.14 bits per heavy atom. The molecule has 5 rings (SSSR count). The van der Waals surface area contributed by atoms with Crippen molar-refractivity contribution in [3.63, 3.8) is 0 Å². The number of amides is 1. The molecular weight excluding hydrogens is 356 g/mol. The molecule has 0 bridgehead atoms. The van der Waals surface area contributed by atoms with Gasteiger partial charge in [-0.2, -0.15) is 5.10 Å². The first-order chi connectivity index (χ1) is 14.3. The molecule has 2 aliphatic carbocycles. The molecule has 1 fully saturated rings. The first-order valence-electron chi connectivity index (χ1n) is 10.3. The van der Waals surface area contributed by atoms with Crippen molar-refractivity contribution in [3.8, 4) is 0 Å². The number of hydrogen-bond acceptors (Lipinski definition) is 2. The molecule has 1 unspecified atom stereocenters. The summed E-state index contributed by atoms with van der Waals surface area (Å²) in [6, 6.07) is 29.1. The summed E-state index contributed by atoms with van der Waals surface area (Å²) in [6.45, 7) is 0. The van der Waals surface area contributed by atoms with Gasteiger partial charge in [-0.25, -0.2) is 5.43 Å². The fourth-order valence-corrected chi connectivity index (χ4v) is 4.77. The van der Waals surface area contributed by atoms with Crippen LogP contribution in [0.3, 0.4) is 0 Å². The van der Waals surface area contributed by atoms with Crippen molar-refractivity contribution in [3.05, 3.63) is 107 Å². The van der Waals surface area contributed by atoms with E-state index < -0.39 is 0 Å². The van der Waals surface area contributed by atoms with Crippen molar-refractivity contribution >= 4 is 11.6 Å². The molecule has 0 saturated heterocycles. The SMILES string of the molecule is O=C(N/N=C1/CCCc2ccccc21)C1CC1(c1ccccc1)c1ccccc1. The zero-order chi connectivity index (χ0) is 19.7. The third kappa shape index (κ3) is 3.17. The molecule has 0 spiro atoms. The maximum Gasteiger partial charge on any atom is 0.244 e. The molecular formula is C26H24N2O. The van der Waals surface area contributed by atoms with Crippen LogP contribution in [0.15, 0.2) is 90.0 Å². The molecule has 0 aromatic heterocycles. The number of rotatable bonds is 4. The Balaban J connectivity index is 1.41. The highest BCUT2D eigenvalue weighted by Crippen LogP contribution is 2.58. The minimum atomic E-state index is -0.253. The van der Waals surface area contributed by atoms with Crippen LogP contribution in [0.25, 0.3) is 0 Å². The lowest BCUT2D eigenvalue weighted by Gasteiger charge is -2.19. The third-order valence-electron chi connectivity index (χ3n) is 6.34. The van der Waals surface area contributed by atoms with E-state index in [-0.39, 0.29) is 17.2 Å². The highest BCUT2D eigenvalue weighted by molar-refractivity contribution is 6.03. The topological polar surface area (TPSA) is 41.5 Å². The summed E-state index contributed by atoms with van der Waals surface area (Å²) >= 11 is 0. The summed E-state index contributed by atoms with van der Waals surface area (Å²) < 4.78 is 0. The molecule has 2 aliphatic rings.